The zero-order valence-electron chi connectivity index (χ0n) is 12.7. The molecule has 0 amide bonds. The normalized spacial score (nSPS) is 25.7. The standard InChI is InChI=1S/C16H23F2NO2/c1-10-5-4-6-13(11(10)2)19-12-7-8-14(20-3)15(9-12)21-16(17)18/h7-11,13,16,19H,4-6H2,1-3H3. The van der Waals surface area contributed by atoms with Gasteiger partial charge in [-0.1, -0.05) is 26.7 Å². The van der Waals surface area contributed by atoms with E-state index in [1.807, 2.05) is 6.07 Å². The average Bonchev–Trinajstić information content (AvgIpc) is 2.44. The van der Waals surface area contributed by atoms with Crippen molar-refractivity contribution < 1.29 is 18.3 Å². The minimum absolute atomic E-state index is 0.0639. The summed E-state index contributed by atoms with van der Waals surface area (Å²) in [5.41, 5.74) is 0.789. The number of anilines is 1. The fourth-order valence-electron chi connectivity index (χ4n) is 2.95. The van der Waals surface area contributed by atoms with E-state index in [2.05, 4.69) is 23.9 Å². The summed E-state index contributed by atoms with van der Waals surface area (Å²) in [7, 11) is 1.44. The molecule has 3 nitrogen and oxygen atoms in total. The van der Waals surface area contributed by atoms with Crippen molar-refractivity contribution in [2.45, 2.75) is 45.8 Å². The minimum atomic E-state index is -2.86. The molecule has 1 aliphatic rings. The third kappa shape index (κ3) is 3.99. The van der Waals surface area contributed by atoms with Crippen LogP contribution in [0, 0.1) is 11.8 Å². The Morgan fingerprint density at radius 2 is 1.95 bits per heavy atom. The molecule has 3 atom stereocenters. The molecule has 2 rings (SSSR count). The number of nitrogens with one attached hydrogen (secondary N) is 1. The summed E-state index contributed by atoms with van der Waals surface area (Å²) in [6.45, 7) is 1.64. The first-order valence-corrected chi connectivity index (χ1v) is 7.40. The summed E-state index contributed by atoms with van der Waals surface area (Å²) in [4.78, 5) is 0. The zero-order chi connectivity index (χ0) is 15.4. The second kappa shape index (κ2) is 6.96. The number of alkyl halides is 2. The van der Waals surface area contributed by atoms with Crippen LogP contribution >= 0.6 is 0 Å². The predicted octanol–water partition coefficient (Wildman–Crippen LogP) is 4.53. The summed E-state index contributed by atoms with van der Waals surface area (Å²) in [6.07, 6.45) is 3.55. The summed E-state index contributed by atoms with van der Waals surface area (Å²) >= 11 is 0. The van der Waals surface area contributed by atoms with Crippen LogP contribution in [0.3, 0.4) is 0 Å². The molecule has 0 bridgehead atoms. The predicted molar refractivity (Wildman–Crippen MR) is 79.2 cm³/mol. The highest BCUT2D eigenvalue weighted by molar-refractivity contribution is 5.55. The zero-order valence-corrected chi connectivity index (χ0v) is 12.7. The van der Waals surface area contributed by atoms with Gasteiger partial charge in [-0.15, -0.1) is 0 Å². The third-order valence-electron chi connectivity index (χ3n) is 4.44. The van der Waals surface area contributed by atoms with Gasteiger partial charge >= 0.3 is 6.61 Å². The largest absolute Gasteiger partial charge is 0.493 e. The lowest BCUT2D eigenvalue weighted by atomic mass is 9.78. The molecule has 21 heavy (non-hydrogen) atoms. The number of rotatable bonds is 5. The van der Waals surface area contributed by atoms with Crippen LogP contribution in [0.2, 0.25) is 0 Å². The van der Waals surface area contributed by atoms with Gasteiger partial charge < -0.3 is 14.8 Å². The van der Waals surface area contributed by atoms with Crippen molar-refractivity contribution in [1.29, 1.82) is 0 Å². The van der Waals surface area contributed by atoms with E-state index in [0.717, 1.165) is 12.1 Å². The highest BCUT2D eigenvalue weighted by Crippen LogP contribution is 2.35. The fraction of sp³-hybridized carbons (Fsp3) is 0.625. The van der Waals surface area contributed by atoms with Crippen molar-refractivity contribution in [2.24, 2.45) is 11.8 Å². The Balaban J connectivity index is 2.12. The SMILES string of the molecule is COc1ccc(NC2CCCC(C)C2C)cc1OC(F)F. The number of ether oxygens (including phenoxy) is 2. The van der Waals surface area contributed by atoms with Gasteiger partial charge in [0, 0.05) is 17.8 Å². The average molecular weight is 299 g/mol. The molecule has 0 aliphatic heterocycles. The molecule has 0 aromatic heterocycles. The first-order valence-electron chi connectivity index (χ1n) is 7.40. The van der Waals surface area contributed by atoms with Gasteiger partial charge in [0.1, 0.15) is 0 Å². The maximum Gasteiger partial charge on any atom is 0.387 e. The lowest BCUT2D eigenvalue weighted by molar-refractivity contribution is -0.0511. The molecule has 1 aromatic rings. The number of hydrogen-bond acceptors (Lipinski definition) is 3. The molecular weight excluding hydrogens is 276 g/mol. The third-order valence-corrected chi connectivity index (χ3v) is 4.44. The number of methoxy groups -OCH3 is 1. The Morgan fingerprint density at radius 1 is 1.19 bits per heavy atom. The molecule has 1 aromatic carbocycles. The smallest absolute Gasteiger partial charge is 0.387 e. The van der Waals surface area contributed by atoms with Crippen LogP contribution < -0.4 is 14.8 Å². The van der Waals surface area contributed by atoms with E-state index < -0.39 is 6.61 Å². The summed E-state index contributed by atoms with van der Waals surface area (Å²) in [5, 5.41) is 3.45. The van der Waals surface area contributed by atoms with Crippen molar-refractivity contribution in [1.82, 2.24) is 0 Å². The van der Waals surface area contributed by atoms with Crippen LogP contribution in [0.4, 0.5) is 14.5 Å². The highest BCUT2D eigenvalue weighted by Gasteiger charge is 2.27. The van der Waals surface area contributed by atoms with Crippen LogP contribution in [0.15, 0.2) is 18.2 Å². The second-order valence-electron chi connectivity index (χ2n) is 5.76. The Hall–Kier alpha value is -1.52. The Labute approximate surface area is 124 Å². The van der Waals surface area contributed by atoms with Crippen molar-refractivity contribution in [3.63, 3.8) is 0 Å². The van der Waals surface area contributed by atoms with E-state index in [1.54, 1.807) is 12.1 Å². The van der Waals surface area contributed by atoms with E-state index in [-0.39, 0.29) is 5.75 Å². The van der Waals surface area contributed by atoms with Crippen LogP contribution in [0.5, 0.6) is 11.5 Å². The topological polar surface area (TPSA) is 30.5 Å². The molecule has 118 valence electrons. The fourth-order valence-corrected chi connectivity index (χ4v) is 2.95. The molecular formula is C16H23F2NO2. The van der Waals surface area contributed by atoms with Crippen LogP contribution in [0.1, 0.15) is 33.1 Å². The molecule has 0 saturated heterocycles. The first-order chi connectivity index (χ1) is 10.0. The highest BCUT2D eigenvalue weighted by atomic mass is 19.3. The van der Waals surface area contributed by atoms with E-state index in [1.165, 1.54) is 20.0 Å². The molecule has 5 heteroatoms. The second-order valence-corrected chi connectivity index (χ2v) is 5.76. The van der Waals surface area contributed by atoms with Gasteiger partial charge in [0.2, 0.25) is 0 Å². The van der Waals surface area contributed by atoms with Crippen LogP contribution in [0.25, 0.3) is 0 Å². The van der Waals surface area contributed by atoms with Crippen molar-refractivity contribution >= 4 is 5.69 Å². The maximum absolute atomic E-state index is 12.4. The van der Waals surface area contributed by atoms with Gasteiger partial charge in [-0.05, 0) is 30.4 Å². The quantitative estimate of drug-likeness (QED) is 0.866. The van der Waals surface area contributed by atoms with Crippen molar-refractivity contribution in [3.8, 4) is 11.5 Å². The molecule has 0 heterocycles. The van der Waals surface area contributed by atoms with Crippen molar-refractivity contribution in [2.75, 3.05) is 12.4 Å². The molecule has 0 spiro atoms. The van der Waals surface area contributed by atoms with E-state index in [4.69, 9.17) is 4.74 Å². The molecule has 0 radical (unpaired) electrons. The summed E-state index contributed by atoms with van der Waals surface area (Å²) in [6, 6.07) is 5.43. The Kier molecular flexibility index (Phi) is 5.26. The van der Waals surface area contributed by atoms with E-state index in [0.29, 0.717) is 23.6 Å². The van der Waals surface area contributed by atoms with Crippen LogP contribution in [-0.4, -0.2) is 19.8 Å². The van der Waals surface area contributed by atoms with Gasteiger partial charge in [-0.2, -0.15) is 8.78 Å². The number of benzene rings is 1. The lowest BCUT2D eigenvalue weighted by Gasteiger charge is -2.35. The van der Waals surface area contributed by atoms with Gasteiger partial charge in [0.25, 0.3) is 0 Å². The lowest BCUT2D eigenvalue weighted by Crippen LogP contribution is -2.34. The molecule has 1 saturated carbocycles. The summed E-state index contributed by atoms with van der Waals surface area (Å²) in [5.74, 6) is 1.60. The number of halogens is 2. The van der Waals surface area contributed by atoms with E-state index >= 15 is 0 Å². The van der Waals surface area contributed by atoms with Gasteiger partial charge in [0.15, 0.2) is 11.5 Å². The van der Waals surface area contributed by atoms with E-state index in [9.17, 15) is 8.78 Å². The molecule has 1 aliphatic carbocycles. The Bertz CT molecular complexity index is 468. The Morgan fingerprint density at radius 3 is 2.62 bits per heavy atom. The summed E-state index contributed by atoms with van der Waals surface area (Å²) < 4.78 is 34.4. The maximum atomic E-state index is 12.4. The molecule has 3 unspecified atom stereocenters. The minimum Gasteiger partial charge on any atom is -0.493 e. The molecule has 1 N–H and O–H groups in total. The van der Waals surface area contributed by atoms with Gasteiger partial charge in [-0.3, -0.25) is 0 Å². The van der Waals surface area contributed by atoms with Gasteiger partial charge in [-0.25, -0.2) is 0 Å². The first kappa shape index (κ1) is 15.9. The van der Waals surface area contributed by atoms with Crippen molar-refractivity contribution in [3.05, 3.63) is 18.2 Å². The monoisotopic (exact) mass is 299 g/mol. The molecule has 1 fully saturated rings. The van der Waals surface area contributed by atoms with Gasteiger partial charge in [0.05, 0.1) is 7.11 Å². The van der Waals surface area contributed by atoms with Crippen LogP contribution in [-0.2, 0) is 0 Å². The number of hydrogen-bond donors (Lipinski definition) is 1.